The number of carbonyl (C=O) groups excluding carboxylic acids is 1. The zero-order valence-electron chi connectivity index (χ0n) is 21.9. The number of amidine groups is 1. The molecule has 4 rings (SSSR count). The van der Waals surface area contributed by atoms with E-state index in [9.17, 15) is 4.79 Å². The van der Waals surface area contributed by atoms with Crippen molar-refractivity contribution in [2.45, 2.75) is 27.7 Å². The van der Waals surface area contributed by atoms with Gasteiger partial charge in [-0.2, -0.15) is 0 Å². The zero-order valence-corrected chi connectivity index (χ0v) is 21.9. The molecule has 2 aromatic heterocycles. The first kappa shape index (κ1) is 26.0. The number of carbonyl (C=O) groups is 1. The van der Waals surface area contributed by atoms with Gasteiger partial charge in [0.2, 0.25) is 5.95 Å². The van der Waals surface area contributed by atoms with E-state index in [1.165, 1.54) is 6.33 Å². The summed E-state index contributed by atoms with van der Waals surface area (Å²) in [6, 6.07) is 5.40. The second-order valence-corrected chi connectivity index (χ2v) is 9.79. The molecule has 1 amide bonds. The number of fused-ring (bicyclic) bond motifs is 1. The van der Waals surface area contributed by atoms with Crippen molar-refractivity contribution in [3.63, 3.8) is 0 Å². The van der Waals surface area contributed by atoms with Gasteiger partial charge in [-0.1, -0.05) is 26.8 Å². The molecule has 0 radical (unpaired) electrons. The van der Waals surface area contributed by atoms with Gasteiger partial charge in [-0.3, -0.25) is 9.79 Å². The minimum absolute atomic E-state index is 0.243. The molecule has 1 aromatic carbocycles. The molecule has 0 saturated carbocycles. The maximum Gasteiger partial charge on any atom is 0.256 e. The van der Waals surface area contributed by atoms with Crippen LogP contribution >= 0.6 is 0 Å². The number of morpholine rings is 1. The summed E-state index contributed by atoms with van der Waals surface area (Å²) in [4.78, 5) is 37.2. The molecule has 194 valence electrons. The van der Waals surface area contributed by atoms with Gasteiger partial charge in [0.25, 0.3) is 5.91 Å². The van der Waals surface area contributed by atoms with Crippen LogP contribution in [0, 0.1) is 12.3 Å². The lowest BCUT2D eigenvalue weighted by atomic mass is 9.92. The largest absolute Gasteiger partial charge is 0.401 e. The topological polar surface area (TPSA) is 144 Å². The maximum absolute atomic E-state index is 13.0. The number of ether oxygens (including phenoxy) is 1. The van der Waals surface area contributed by atoms with Gasteiger partial charge in [-0.25, -0.2) is 19.9 Å². The summed E-state index contributed by atoms with van der Waals surface area (Å²) in [5, 5.41) is 6.17. The Morgan fingerprint density at radius 2 is 1.95 bits per heavy atom. The first-order valence-corrected chi connectivity index (χ1v) is 12.1. The Morgan fingerprint density at radius 1 is 1.19 bits per heavy atom. The molecule has 0 spiro atoms. The number of anilines is 3. The summed E-state index contributed by atoms with van der Waals surface area (Å²) in [6.45, 7) is 10.7. The van der Waals surface area contributed by atoms with Crippen LogP contribution in [0.15, 0.2) is 47.5 Å². The second-order valence-electron chi connectivity index (χ2n) is 9.79. The summed E-state index contributed by atoms with van der Waals surface area (Å²) < 4.78 is 5.44. The number of rotatable bonds is 5. The molecule has 0 aliphatic carbocycles. The standard InChI is InChI=1S/C26H33N9O2/c1-16-6-7-17(24(36)33-21(28-5)13-20(27)26(2,3)4)12-18(16)32-23-22-19(30-15-31-23)14-29-25(34-22)35-8-10-37-11-9-35/h6-7,12-15H,8-11,27H2,1-5H3,(H,28,33,36)(H,30,31,32). The minimum atomic E-state index is -0.300. The van der Waals surface area contributed by atoms with Crippen molar-refractivity contribution < 1.29 is 9.53 Å². The van der Waals surface area contributed by atoms with E-state index in [1.54, 1.807) is 31.5 Å². The predicted molar refractivity (Wildman–Crippen MR) is 145 cm³/mol. The van der Waals surface area contributed by atoms with Gasteiger partial charge < -0.3 is 26.0 Å². The van der Waals surface area contributed by atoms with Crippen LogP contribution < -0.4 is 21.3 Å². The molecular weight excluding hydrogens is 470 g/mol. The summed E-state index contributed by atoms with van der Waals surface area (Å²) in [6.07, 6.45) is 4.84. The van der Waals surface area contributed by atoms with E-state index in [-0.39, 0.29) is 11.3 Å². The fraction of sp³-hybridized carbons (Fsp3) is 0.385. The molecule has 11 nitrogen and oxygen atoms in total. The number of nitrogens with two attached hydrogens (primary N) is 1. The molecular formula is C26H33N9O2. The van der Waals surface area contributed by atoms with Crippen molar-refractivity contribution in [3.8, 4) is 0 Å². The highest BCUT2D eigenvalue weighted by atomic mass is 16.5. The Balaban J connectivity index is 1.59. The van der Waals surface area contributed by atoms with E-state index in [2.05, 4.69) is 35.5 Å². The van der Waals surface area contributed by atoms with E-state index in [4.69, 9.17) is 15.5 Å². The highest BCUT2D eigenvalue weighted by molar-refractivity contribution is 6.10. The quantitative estimate of drug-likeness (QED) is 0.353. The van der Waals surface area contributed by atoms with Crippen molar-refractivity contribution in [2.75, 3.05) is 43.6 Å². The molecule has 1 aliphatic heterocycles. The SMILES string of the molecule is CN=C(C=C(N)C(C)(C)C)NC(=O)c1ccc(C)c(Nc2ncnc3cnc(N4CCOCC4)nc23)c1. The number of hydrogen-bond donors (Lipinski definition) is 3. The molecule has 1 aliphatic rings. The van der Waals surface area contributed by atoms with Crippen LogP contribution in [-0.2, 0) is 4.74 Å². The third-order valence-electron chi connectivity index (χ3n) is 6.05. The molecule has 3 aromatic rings. The van der Waals surface area contributed by atoms with Gasteiger partial charge in [0.1, 0.15) is 23.2 Å². The molecule has 0 bridgehead atoms. The number of aliphatic imine (C=N–C) groups is 1. The molecule has 1 saturated heterocycles. The summed E-state index contributed by atoms with van der Waals surface area (Å²) in [7, 11) is 1.61. The summed E-state index contributed by atoms with van der Waals surface area (Å²) >= 11 is 0. The number of allylic oxidation sites excluding steroid dienone is 1. The van der Waals surface area contributed by atoms with E-state index in [0.29, 0.717) is 53.1 Å². The average molecular weight is 504 g/mol. The average Bonchev–Trinajstić information content (AvgIpc) is 2.89. The van der Waals surface area contributed by atoms with Crippen molar-refractivity contribution in [3.05, 3.63) is 53.6 Å². The molecule has 3 heterocycles. The Labute approximate surface area is 216 Å². The number of benzene rings is 1. The van der Waals surface area contributed by atoms with Gasteiger partial charge in [0.15, 0.2) is 5.82 Å². The smallest absolute Gasteiger partial charge is 0.256 e. The molecule has 1 fully saturated rings. The molecule has 11 heteroatoms. The highest BCUT2D eigenvalue weighted by Crippen LogP contribution is 2.26. The lowest BCUT2D eigenvalue weighted by Gasteiger charge is -2.26. The summed E-state index contributed by atoms with van der Waals surface area (Å²) in [5.41, 5.74) is 9.87. The molecule has 37 heavy (non-hydrogen) atoms. The summed E-state index contributed by atoms with van der Waals surface area (Å²) in [5.74, 6) is 1.22. The van der Waals surface area contributed by atoms with Crippen LogP contribution in [0.4, 0.5) is 17.5 Å². The Morgan fingerprint density at radius 3 is 2.65 bits per heavy atom. The van der Waals surface area contributed by atoms with E-state index in [1.807, 2.05) is 33.8 Å². The van der Waals surface area contributed by atoms with Gasteiger partial charge in [-0.15, -0.1) is 0 Å². The van der Waals surface area contributed by atoms with Crippen LogP contribution in [-0.4, -0.2) is 65.0 Å². The van der Waals surface area contributed by atoms with Crippen LogP contribution in [0.1, 0.15) is 36.7 Å². The number of amides is 1. The Hall–Kier alpha value is -4.12. The van der Waals surface area contributed by atoms with Crippen molar-refractivity contribution in [1.29, 1.82) is 0 Å². The fourth-order valence-electron chi connectivity index (χ4n) is 3.59. The normalized spacial score (nSPS) is 15.1. The molecule has 4 N–H and O–H groups in total. The Bertz CT molecular complexity index is 1360. The lowest BCUT2D eigenvalue weighted by Crippen LogP contribution is -2.37. The van der Waals surface area contributed by atoms with E-state index in [0.717, 1.165) is 24.3 Å². The molecule has 0 unspecified atom stereocenters. The van der Waals surface area contributed by atoms with Crippen LogP contribution in [0.25, 0.3) is 11.0 Å². The van der Waals surface area contributed by atoms with Crippen LogP contribution in [0.3, 0.4) is 0 Å². The van der Waals surface area contributed by atoms with E-state index >= 15 is 0 Å². The van der Waals surface area contributed by atoms with Crippen molar-refractivity contribution in [2.24, 2.45) is 16.1 Å². The third kappa shape index (κ3) is 6.18. The first-order valence-electron chi connectivity index (χ1n) is 12.1. The first-order chi connectivity index (χ1) is 17.7. The van der Waals surface area contributed by atoms with Crippen LogP contribution in [0.5, 0.6) is 0 Å². The van der Waals surface area contributed by atoms with Gasteiger partial charge in [-0.05, 0) is 30.7 Å². The monoisotopic (exact) mass is 503 g/mol. The Kier molecular flexibility index (Phi) is 7.63. The predicted octanol–water partition coefficient (Wildman–Crippen LogP) is 2.96. The van der Waals surface area contributed by atoms with Crippen LogP contribution in [0.2, 0.25) is 0 Å². The maximum atomic E-state index is 13.0. The molecule has 0 atom stereocenters. The van der Waals surface area contributed by atoms with Gasteiger partial charge in [0, 0.05) is 42.5 Å². The third-order valence-corrected chi connectivity index (χ3v) is 6.05. The highest BCUT2D eigenvalue weighted by Gasteiger charge is 2.18. The zero-order chi connectivity index (χ0) is 26.6. The number of nitrogens with zero attached hydrogens (tertiary/aromatic N) is 6. The van der Waals surface area contributed by atoms with E-state index < -0.39 is 0 Å². The lowest BCUT2D eigenvalue weighted by molar-refractivity contribution is 0.0977. The van der Waals surface area contributed by atoms with Crippen molar-refractivity contribution >= 4 is 40.2 Å². The number of hydrogen-bond acceptors (Lipinski definition) is 10. The number of aryl methyl sites for hydroxylation is 1. The second kappa shape index (κ2) is 10.9. The number of aromatic nitrogens is 4. The van der Waals surface area contributed by atoms with Gasteiger partial charge >= 0.3 is 0 Å². The van der Waals surface area contributed by atoms with Crippen molar-refractivity contribution in [1.82, 2.24) is 25.3 Å². The minimum Gasteiger partial charge on any atom is -0.401 e. The fourth-order valence-corrected chi connectivity index (χ4v) is 3.59. The number of nitrogens with one attached hydrogen (secondary N) is 2. The van der Waals surface area contributed by atoms with Gasteiger partial charge in [0.05, 0.1) is 19.4 Å².